The summed E-state index contributed by atoms with van der Waals surface area (Å²) >= 11 is 7.70. The molecule has 132 valence electrons. The van der Waals surface area contributed by atoms with Crippen LogP contribution in [-0.4, -0.2) is 78.1 Å². The van der Waals surface area contributed by atoms with E-state index < -0.39 is 6.10 Å². The maximum atomic E-state index is 12.4. The molecule has 2 saturated heterocycles. The number of halogens is 1. The Hall–Kier alpha value is -0.790. The first kappa shape index (κ1) is 18.0. The van der Waals surface area contributed by atoms with Gasteiger partial charge in [-0.1, -0.05) is 29.8 Å². The van der Waals surface area contributed by atoms with Gasteiger partial charge in [0.25, 0.3) is 0 Å². The van der Waals surface area contributed by atoms with Gasteiger partial charge in [0.2, 0.25) is 5.91 Å². The zero-order valence-corrected chi connectivity index (χ0v) is 15.1. The third kappa shape index (κ3) is 4.43. The second-order valence-electron chi connectivity index (χ2n) is 6.17. The number of aliphatic hydroxyl groups excluding tert-OH is 1. The highest BCUT2D eigenvalue weighted by atomic mass is 35.5. The number of hydrogen-bond acceptors (Lipinski definition) is 5. The Labute approximate surface area is 151 Å². The van der Waals surface area contributed by atoms with Gasteiger partial charge in [0.15, 0.2) is 0 Å². The monoisotopic (exact) mass is 370 g/mol. The molecule has 0 radical (unpaired) electrons. The number of carbonyl (C=O) groups is 1. The highest BCUT2D eigenvalue weighted by molar-refractivity contribution is 7.99. The van der Waals surface area contributed by atoms with Crippen molar-refractivity contribution < 1.29 is 14.6 Å². The molecular formula is C17H23ClN2O3S. The SMILES string of the molecule is O=C(CSCc1ccccc1Cl)N1C[C@@H](O)[C@H](N2CCOCC2)C1. The van der Waals surface area contributed by atoms with E-state index in [1.807, 2.05) is 24.3 Å². The van der Waals surface area contributed by atoms with Crippen LogP contribution in [0.25, 0.3) is 0 Å². The summed E-state index contributed by atoms with van der Waals surface area (Å²) in [5, 5.41) is 11.0. The Bertz CT molecular complexity index is 569. The van der Waals surface area contributed by atoms with Gasteiger partial charge in [-0.25, -0.2) is 0 Å². The molecular weight excluding hydrogens is 348 g/mol. The minimum Gasteiger partial charge on any atom is -0.390 e. The summed E-state index contributed by atoms with van der Waals surface area (Å²) in [7, 11) is 0. The van der Waals surface area contributed by atoms with Gasteiger partial charge in [-0.3, -0.25) is 9.69 Å². The topological polar surface area (TPSA) is 53.0 Å². The van der Waals surface area contributed by atoms with Gasteiger partial charge in [0, 0.05) is 37.0 Å². The minimum atomic E-state index is -0.472. The van der Waals surface area contributed by atoms with E-state index in [2.05, 4.69) is 4.90 Å². The normalized spacial score (nSPS) is 25.2. The molecule has 1 aromatic carbocycles. The number of β-amino-alcohol motifs (C(OH)–C–C–N with tert-alkyl or cyclic N) is 1. The van der Waals surface area contributed by atoms with Crippen molar-refractivity contribution in [2.45, 2.75) is 17.9 Å². The fraction of sp³-hybridized carbons (Fsp3) is 0.588. The van der Waals surface area contributed by atoms with Crippen molar-refractivity contribution >= 4 is 29.3 Å². The molecule has 1 N–H and O–H groups in total. The zero-order chi connectivity index (χ0) is 16.9. The molecule has 7 heteroatoms. The fourth-order valence-electron chi connectivity index (χ4n) is 3.20. The molecule has 2 atom stereocenters. The maximum absolute atomic E-state index is 12.4. The van der Waals surface area contributed by atoms with Gasteiger partial charge in [-0.2, -0.15) is 0 Å². The number of hydrogen-bond donors (Lipinski definition) is 1. The molecule has 2 aliphatic heterocycles. The van der Waals surface area contributed by atoms with Crippen LogP contribution in [0.2, 0.25) is 5.02 Å². The number of ether oxygens (including phenoxy) is 1. The second-order valence-corrected chi connectivity index (χ2v) is 7.56. The first-order valence-corrected chi connectivity index (χ1v) is 9.77. The molecule has 5 nitrogen and oxygen atoms in total. The number of morpholine rings is 1. The number of carbonyl (C=O) groups excluding carboxylic acids is 1. The van der Waals surface area contributed by atoms with E-state index in [4.69, 9.17) is 16.3 Å². The Kier molecular flexibility index (Phi) is 6.41. The molecule has 0 spiro atoms. The average Bonchev–Trinajstić information content (AvgIpc) is 2.99. The molecule has 2 heterocycles. The second kappa shape index (κ2) is 8.54. The summed E-state index contributed by atoms with van der Waals surface area (Å²) in [5.74, 6) is 1.21. The third-order valence-corrected chi connectivity index (χ3v) is 5.90. The molecule has 2 fully saturated rings. The summed E-state index contributed by atoms with van der Waals surface area (Å²) in [6.45, 7) is 4.08. The van der Waals surface area contributed by atoms with Gasteiger partial charge in [-0.15, -0.1) is 11.8 Å². The van der Waals surface area contributed by atoms with Gasteiger partial charge in [0.1, 0.15) is 0 Å². The van der Waals surface area contributed by atoms with Gasteiger partial charge < -0.3 is 14.7 Å². The first-order valence-electron chi connectivity index (χ1n) is 8.24. The summed E-state index contributed by atoms with van der Waals surface area (Å²) in [6.07, 6.45) is -0.472. The van der Waals surface area contributed by atoms with E-state index in [9.17, 15) is 9.90 Å². The number of aliphatic hydroxyl groups is 1. The highest BCUT2D eigenvalue weighted by Gasteiger charge is 2.37. The van der Waals surface area contributed by atoms with Crippen LogP contribution in [0.15, 0.2) is 24.3 Å². The molecule has 0 saturated carbocycles. The number of likely N-dealkylation sites (tertiary alicyclic amines) is 1. The van der Waals surface area contributed by atoms with Crippen molar-refractivity contribution in [3.8, 4) is 0 Å². The molecule has 0 bridgehead atoms. The zero-order valence-electron chi connectivity index (χ0n) is 13.6. The van der Waals surface area contributed by atoms with Crippen LogP contribution < -0.4 is 0 Å². The predicted octanol–water partition coefficient (Wildman–Crippen LogP) is 1.48. The first-order chi connectivity index (χ1) is 11.6. The smallest absolute Gasteiger partial charge is 0.232 e. The molecule has 1 aromatic rings. The van der Waals surface area contributed by atoms with Crippen LogP contribution in [0.4, 0.5) is 0 Å². The quantitative estimate of drug-likeness (QED) is 0.850. The number of rotatable bonds is 5. The standard InChI is InChI=1S/C17H23ClN2O3S/c18-14-4-2-1-3-13(14)11-24-12-17(22)20-9-15(16(21)10-20)19-5-7-23-8-6-19/h1-4,15-16,21H,5-12H2/t15-,16-/m1/s1. The van der Waals surface area contributed by atoms with E-state index in [-0.39, 0.29) is 11.9 Å². The van der Waals surface area contributed by atoms with E-state index in [0.29, 0.717) is 37.8 Å². The highest BCUT2D eigenvalue weighted by Crippen LogP contribution is 2.22. The number of amides is 1. The lowest BCUT2D eigenvalue weighted by atomic mass is 10.2. The van der Waals surface area contributed by atoms with Gasteiger partial charge in [-0.05, 0) is 11.6 Å². The van der Waals surface area contributed by atoms with Crippen LogP contribution in [0.1, 0.15) is 5.56 Å². The average molecular weight is 371 g/mol. The largest absolute Gasteiger partial charge is 0.390 e. The van der Waals surface area contributed by atoms with E-state index in [1.165, 1.54) is 0 Å². The molecule has 0 unspecified atom stereocenters. The van der Waals surface area contributed by atoms with Crippen LogP contribution in [0.3, 0.4) is 0 Å². The summed E-state index contributed by atoms with van der Waals surface area (Å²) < 4.78 is 5.36. The number of thioether (sulfide) groups is 1. The molecule has 0 aromatic heterocycles. The van der Waals surface area contributed by atoms with E-state index in [1.54, 1.807) is 16.7 Å². The van der Waals surface area contributed by atoms with Crippen molar-refractivity contribution in [3.05, 3.63) is 34.9 Å². The maximum Gasteiger partial charge on any atom is 0.232 e. The number of benzene rings is 1. The molecule has 2 aliphatic rings. The Balaban J connectivity index is 1.46. The fourth-order valence-corrected chi connectivity index (χ4v) is 4.41. The van der Waals surface area contributed by atoms with Crippen molar-refractivity contribution in [2.75, 3.05) is 45.1 Å². The third-order valence-electron chi connectivity index (χ3n) is 4.57. The summed E-state index contributed by atoms with van der Waals surface area (Å²) in [5.41, 5.74) is 1.05. The van der Waals surface area contributed by atoms with Crippen LogP contribution in [-0.2, 0) is 15.3 Å². The Morgan fingerprint density at radius 2 is 2.04 bits per heavy atom. The lowest BCUT2D eigenvalue weighted by Gasteiger charge is -2.33. The number of nitrogens with zero attached hydrogens (tertiary/aromatic N) is 2. The Morgan fingerprint density at radius 3 is 2.79 bits per heavy atom. The minimum absolute atomic E-state index is 0.0337. The van der Waals surface area contributed by atoms with Crippen LogP contribution in [0, 0.1) is 0 Å². The van der Waals surface area contributed by atoms with Gasteiger partial charge in [0.05, 0.1) is 31.1 Å². The molecule has 3 rings (SSSR count). The lowest BCUT2D eigenvalue weighted by molar-refractivity contribution is -0.127. The van der Waals surface area contributed by atoms with Crippen molar-refractivity contribution in [2.24, 2.45) is 0 Å². The summed E-state index contributed by atoms with van der Waals surface area (Å²) in [4.78, 5) is 16.4. The predicted molar refractivity (Wildman–Crippen MR) is 96.4 cm³/mol. The van der Waals surface area contributed by atoms with Crippen molar-refractivity contribution in [1.82, 2.24) is 9.80 Å². The van der Waals surface area contributed by atoms with E-state index >= 15 is 0 Å². The Morgan fingerprint density at radius 1 is 1.29 bits per heavy atom. The van der Waals surface area contributed by atoms with Gasteiger partial charge >= 0.3 is 0 Å². The lowest BCUT2D eigenvalue weighted by Crippen LogP contribution is -2.49. The molecule has 24 heavy (non-hydrogen) atoms. The molecule has 0 aliphatic carbocycles. The van der Waals surface area contributed by atoms with Crippen LogP contribution >= 0.6 is 23.4 Å². The van der Waals surface area contributed by atoms with Crippen LogP contribution in [0.5, 0.6) is 0 Å². The molecule has 1 amide bonds. The summed E-state index contributed by atoms with van der Waals surface area (Å²) in [6, 6.07) is 7.73. The van der Waals surface area contributed by atoms with Crippen molar-refractivity contribution in [3.63, 3.8) is 0 Å². The van der Waals surface area contributed by atoms with Crippen molar-refractivity contribution in [1.29, 1.82) is 0 Å². The van der Waals surface area contributed by atoms with E-state index in [0.717, 1.165) is 23.7 Å².